The molecule has 0 aromatic heterocycles. The molecule has 1 atom stereocenters. The van der Waals surface area contributed by atoms with Crippen molar-refractivity contribution in [3.05, 3.63) is 42.5 Å². The van der Waals surface area contributed by atoms with Crippen LogP contribution in [0.15, 0.2) is 42.5 Å². The highest BCUT2D eigenvalue weighted by Gasteiger charge is 2.23. The van der Waals surface area contributed by atoms with Crippen LogP contribution in [0.2, 0.25) is 0 Å². The summed E-state index contributed by atoms with van der Waals surface area (Å²) in [4.78, 5) is 2.32. The Kier molecular flexibility index (Phi) is 4.19. The molecule has 3 heteroatoms. The van der Waals surface area contributed by atoms with E-state index in [1.54, 1.807) is 0 Å². The molecule has 1 saturated heterocycles. The summed E-state index contributed by atoms with van der Waals surface area (Å²) in [7, 11) is 0. The molecule has 0 aliphatic carbocycles. The summed E-state index contributed by atoms with van der Waals surface area (Å²) in [6.45, 7) is 2.89. The predicted molar refractivity (Wildman–Crippen MR) is 81.1 cm³/mol. The lowest BCUT2D eigenvalue weighted by Crippen LogP contribution is -2.35. The summed E-state index contributed by atoms with van der Waals surface area (Å²) in [5, 5.41) is 11.7. The third kappa shape index (κ3) is 2.79. The number of ether oxygens (including phenoxy) is 1. The van der Waals surface area contributed by atoms with Gasteiger partial charge in [0.2, 0.25) is 0 Å². The molecule has 2 aromatic rings. The molecule has 3 rings (SSSR count). The largest absolute Gasteiger partial charge is 0.492 e. The van der Waals surface area contributed by atoms with Gasteiger partial charge in [0, 0.05) is 18.0 Å². The maximum absolute atomic E-state index is 9.31. The zero-order chi connectivity index (χ0) is 13.8. The van der Waals surface area contributed by atoms with Gasteiger partial charge in [0.05, 0.1) is 6.61 Å². The van der Waals surface area contributed by atoms with Crippen molar-refractivity contribution in [1.82, 2.24) is 4.90 Å². The van der Waals surface area contributed by atoms with E-state index < -0.39 is 0 Å². The second kappa shape index (κ2) is 6.25. The van der Waals surface area contributed by atoms with E-state index in [-0.39, 0.29) is 6.61 Å². The van der Waals surface area contributed by atoms with Crippen molar-refractivity contribution in [3.63, 3.8) is 0 Å². The van der Waals surface area contributed by atoms with Crippen LogP contribution >= 0.6 is 0 Å². The molecule has 1 aliphatic rings. The number of nitrogens with zero attached hydrogens (tertiary/aromatic N) is 1. The monoisotopic (exact) mass is 271 g/mol. The highest BCUT2D eigenvalue weighted by atomic mass is 16.5. The van der Waals surface area contributed by atoms with E-state index in [1.165, 1.54) is 11.8 Å². The van der Waals surface area contributed by atoms with Crippen LogP contribution in [0.3, 0.4) is 0 Å². The van der Waals surface area contributed by atoms with Crippen molar-refractivity contribution in [2.24, 2.45) is 0 Å². The molecular weight excluding hydrogens is 250 g/mol. The fourth-order valence-electron chi connectivity index (χ4n) is 2.99. The Morgan fingerprint density at radius 2 is 2.00 bits per heavy atom. The highest BCUT2D eigenvalue weighted by Crippen LogP contribution is 2.25. The zero-order valence-corrected chi connectivity index (χ0v) is 11.7. The number of likely N-dealkylation sites (tertiary alicyclic amines) is 1. The molecule has 0 unspecified atom stereocenters. The minimum absolute atomic E-state index is 0.258. The molecule has 0 amide bonds. The lowest BCUT2D eigenvalue weighted by Gasteiger charge is -2.22. The van der Waals surface area contributed by atoms with Gasteiger partial charge in [-0.2, -0.15) is 0 Å². The average Bonchev–Trinajstić information content (AvgIpc) is 2.95. The van der Waals surface area contributed by atoms with E-state index in [0.29, 0.717) is 12.6 Å². The van der Waals surface area contributed by atoms with E-state index in [9.17, 15) is 5.11 Å². The molecular formula is C17H21NO2. The molecule has 0 saturated carbocycles. The topological polar surface area (TPSA) is 32.7 Å². The van der Waals surface area contributed by atoms with E-state index in [0.717, 1.165) is 30.6 Å². The Bertz CT molecular complexity index is 564. The van der Waals surface area contributed by atoms with Crippen LogP contribution in [-0.4, -0.2) is 42.4 Å². The molecule has 0 spiro atoms. The standard InChI is InChI=1S/C17H21NO2/c19-13-15-7-4-10-18(15)11-12-20-17-9-3-6-14-5-1-2-8-16(14)17/h1-3,5-6,8-9,15,19H,4,7,10-13H2/t15-/m1/s1. The van der Waals surface area contributed by atoms with Crippen molar-refractivity contribution < 1.29 is 9.84 Å². The zero-order valence-electron chi connectivity index (χ0n) is 11.7. The minimum atomic E-state index is 0.258. The van der Waals surface area contributed by atoms with Gasteiger partial charge >= 0.3 is 0 Å². The summed E-state index contributed by atoms with van der Waals surface area (Å²) in [5.74, 6) is 0.947. The van der Waals surface area contributed by atoms with E-state index in [1.807, 2.05) is 24.3 Å². The fraction of sp³-hybridized carbons (Fsp3) is 0.412. The highest BCUT2D eigenvalue weighted by molar-refractivity contribution is 5.88. The second-order valence-corrected chi connectivity index (χ2v) is 5.34. The van der Waals surface area contributed by atoms with Gasteiger partial charge in [-0.05, 0) is 30.8 Å². The molecule has 20 heavy (non-hydrogen) atoms. The van der Waals surface area contributed by atoms with E-state index in [4.69, 9.17) is 4.74 Å². The quantitative estimate of drug-likeness (QED) is 0.907. The number of hydrogen-bond donors (Lipinski definition) is 1. The van der Waals surface area contributed by atoms with Crippen molar-refractivity contribution >= 4 is 10.8 Å². The minimum Gasteiger partial charge on any atom is -0.492 e. The molecule has 2 aromatic carbocycles. The van der Waals surface area contributed by atoms with Crippen LogP contribution < -0.4 is 4.74 Å². The first-order valence-corrected chi connectivity index (χ1v) is 7.34. The number of hydrogen-bond acceptors (Lipinski definition) is 3. The Morgan fingerprint density at radius 3 is 2.90 bits per heavy atom. The summed E-state index contributed by atoms with van der Waals surface area (Å²) in [5.41, 5.74) is 0. The van der Waals surface area contributed by atoms with Gasteiger partial charge in [-0.15, -0.1) is 0 Å². The van der Waals surface area contributed by atoms with Crippen LogP contribution in [-0.2, 0) is 0 Å². The van der Waals surface area contributed by atoms with Crippen molar-refractivity contribution in [1.29, 1.82) is 0 Å². The maximum atomic E-state index is 9.31. The fourth-order valence-corrected chi connectivity index (χ4v) is 2.99. The van der Waals surface area contributed by atoms with Gasteiger partial charge < -0.3 is 9.84 Å². The summed E-state index contributed by atoms with van der Waals surface area (Å²) in [6.07, 6.45) is 2.28. The third-order valence-corrected chi connectivity index (χ3v) is 4.10. The van der Waals surface area contributed by atoms with Crippen LogP contribution in [0, 0.1) is 0 Å². The molecule has 3 nitrogen and oxygen atoms in total. The maximum Gasteiger partial charge on any atom is 0.127 e. The Balaban J connectivity index is 1.63. The van der Waals surface area contributed by atoms with Crippen LogP contribution in [0.5, 0.6) is 5.75 Å². The first kappa shape index (κ1) is 13.4. The van der Waals surface area contributed by atoms with Gasteiger partial charge in [-0.3, -0.25) is 4.90 Å². The van der Waals surface area contributed by atoms with E-state index in [2.05, 4.69) is 23.1 Å². The smallest absolute Gasteiger partial charge is 0.127 e. The Morgan fingerprint density at radius 1 is 1.15 bits per heavy atom. The second-order valence-electron chi connectivity index (χ2n) is 5.34. The number of aliphatic hydroxyl groups is 1. The van der Waals surface area contributed by atoms with Crippen LogP contribution in [0.4, 0.5) is 0 Å². The molecule has 0 bridgehead atoms. The van der Waals surface area contributed by atoms with Gasteiger partial charge in [0.15, 0.2) is 0 Å². The lowest BCUT2D eigenvalue weighted by molar-refractivity contribution is 0.140. The first-order valence-electron chi connectivity index (χ1n) is 7.34. The molecule has 0 radical (unpaired) electrons. The van der Waals surface area contributed by atoms with Crippen molar-refractivity contribution in [3.8, 4) is 5.75 Å². The van der Waals surface area contributed by atoms with Gasteiger partial charge in [-0.1, -0.05) is 36.4 Å². The predicted octanol–water partition coefficient (Wildman–Crippen LogP) is 2.68. The molecule has 106 valence electrons. The Hall–Kier alpha value is -1.58. The summed E-state index contributed by atoms with van der Waals surface area (Å²) >= 11 is 0. The summed E-state index contributed by atoms with van der Waals surface area (Å²) < 4.78 is 5.95. The third-order valence-electron chi connectivity index (χ3n) is 4.10. The van der Waals surface area contributed by atoms with Crippen molar-refractivity contribution in [2.75, 3.05) is 26.3 Å². The number of benzene rings is 2. The number of aliphatic hydroxyl groups excluding tert-OH is 1. The molecule has 1 N–H and O–H groups in total. The van der Waals surface area contributed by atoms with Crippen LogP contribution in [0.1, 0.15) is 12.8 Å². The number of fused-ring (bicyclic) bond motifs is 1. The van der Waals surface area contributed by atoms with Crippen LogP contribution in [0.25, 0.3) is 10.8 Å². The summed E-state index contributed by atoms with van der Waals surface area (Å²) in [6, 6.07) is 14.8. The van der Waals surface area contributed by atoms with Gasteiger partial charge in [0.1, 0.15) is 12.4 Å². The molecule has 1 aliphatic heterocycles. The van der Waals surface area contributed by atoms with Gasteiger partial charge in [-0.25, -0.2) is 0 Å². The first-order chi connectivity index (χ1) is 9.88. The molecule has 1 heterocycles. The van der Waals surface area contributed by atoms with Crippen molar-refractivity contribution in [2.45, 2.75) is 18.9 Å². The number of rotatable bonds is 5. The van der Waals surface area contributed by atoms with E-state index >= 15 is 0 Å². The van der Waals surface area contributed by atoms with Gasteiger partial charge in [0.25, 0.3) is 0 Å². The normalized spacial score (nSPS) is 19.6. The SMILES string of the molecule is OC[C@H]1CCCN1CCOc1cccc2ccccc12. The lowest BCUT2D eigenvalue weighted by atomic mass is 10.1. The average molecular weight is 271 g/mol. The molecule has 1 fully saturated rings. The Labute approximate surface area is 119 Å².